The fourth-order valence-electron chi connectivity index (χ4n) is 2.58. The van der Waals surface area contributed by atoms with Gasteiger partial charge in [-0.1, -0.05) is 19.4 Å². The Labute approximate surface area is 91.9 Å². The van der Waals surface area contributed by atoms with Gasteiger partial charge in [0.15, 0.2) is 9.84 Å². The summed E-state index contributed by atoms with van der Waals surface area (Å²) in [5, 5.41) is 4.78. The molecule has 86 valence electrons. The van der Waals surface area contributed by atoms with Gasteiger partial charge in [0, 0.05) is 17.5 Å². The van der Waals surface area contributed by atoms with Crippen LogP contribution in [0.3, 0.4) is 0 Å². The standard InChI is InChI=1S/C11H19NO2S/c1-2-9-3-4-10(7-9)12-11-5-6-15(13,14)8-11/h5-6,9-12H,2-4,7-8H2,1H3. The third-order valence-corrected chi connectivity index (χ3v) is 4.89. The summed E-state index contributed by atoms with van der Waals surface area (Å²) in [6.07, 6.45) is 6.73. The van der Waals surface area contributed by atoms with E-state index in [2.05, 4.69) is 12.2 Å². The van der Waals surface area contributed by atoms with Crippen molar-refractivity contribution in [2.24, 2.45) is 5.92 Å². The van der Waals surface area contributed by atoms with Crippen molar-refractivity contribution in [1.29, 1.82) is 0 Å². The van der Waals surface area contributed by atoms with E-state index >= 15 is 0 Å². The third kappa shape index (κ3) is 2.82. The molecule has 0 bridgehead atoms. The number of hydrogen-bond donors (Lipinski definition) is 1. The number of rotatable bonds is 3. The van der Waals surface area contributed by atoms with Crippen molar-refractivity contribution in [2.45, 2.75) is 44.7 Å². The molecule has 15 heavy (non-hydrogen) atoms. The van der Waals surface area contributed by atoms with Gasteiger partial charge in [-0.15, -0.1) is 0 Å². The van der Waals surface area contributed by atoms with Crippen molar-refractivity contribution < 1.29 is 8.42 Å². The minimum absolute atomic E-state index is 0.0515. The lowest BCUT2D eigenvalue weighted by molar-refractivity contribution is 0.462. The zero-order valence-corrected chi connectivity index (χ0v) is 9.96. The van der Waals surface area contributed by atoms with Gasteiger partial charge >= 0.3 is 0 Å². The van der Waals surface area contributed by atoms with Gasteiger partial charge in [-0.25, -0.2) is 8.42 Å². The van der Waals surface area contributed by atoms with E-state index in [0.29, 0.717) is 6.04 Å². The molecule has 1 fully saturated rings. The minimum Gasteiger partial charge on any atom is -0.307 e. The summed E-state index contributed by atoms with van der Waals surface area (Å²) < 4.78 is 22.4. The Bertz CT molecular complexity index is 348. The summed E-state index contributed by atoms with van der Waals surface area (Å²) >= 11 is 0. The van der Waals surface area contributed by atoms with Gasteiger partial charge in [0.05, 0.1) is 5.75 Å². The monoisotopic (exact) mass is 229 g/mol. The van der Waals surface area contributed by atoms with Gasteiger partial charge < -0.3 is 5.32 Å². The number of sulfone groups is 1. The first-order chi connectivity index (χ1) is 7.09. The van der Waals surface area contributed by atoms with Crippen LogP contribution in [0, 0.1) is 5.92 Å². The zero-order chi connectivity index (χ0) is 10.9. The molecule has 0 spiro atoms. The van der Waals surface area contributed by atoms with Crippen molar-refractivity contribution in [3.63, 3.8) is 0 Å². The maximum absolute atomic E-state index is 11.2. The SMILES string of the molecule is CCC1CCC(NC2C=CS(=O)(=O)C2)C1. The first kappa shape index (κ1) is 11.1. The average molecular weight is 229 g/mol. The molecule has 0 aromatic carbocycles. The lowest BCUT2D eigenvalue weighted by Crippen LogP contribution is -2.37. The molecule has 3 nitrogen and oxygen atoms in total. The first-order valence-electron chi connectivity index (χ1n) is 5.76. The van der Waals surface area contributed by atoms with Crippen LogP contribution in [0.4, 0.5) is 0 Å². The van der Waals surface area contributed by atoms with Crippen LogP contribution in [-0.4, -0.2) is 26.3 Å². The summed E-state index contributed by atoms with van der Waals surface area (Å²) in [4.78, 5) is 0. The Balaban J connectivity index is 1.82. The van der Waals surface area contributed by atoms with Crippen LogP contribution in [0.5, 0.6) is 0 Å². The molecule has 1 saturated carbocycles. The van der Waals surface area contributed by atoms with Gasteiger partial charge in [0.2, 0.25) is 0 Å². The van der Waals surface area contributed by atoms with E-state index in [-0.39, 0.29) is 11.8 Å². The van der Waals surface area contributed by atoms with Crippen LogP contribution < -0.4 is 5.32 Å². The molecule has 1 N–H and O–H groups in total. The molecule has 1 heterocycles. The second kappa shape index (κ2) is 4.26. The molecule has 1 aliphatic heterocycles. The quantitative estimate of drug-likeness (QED) is 0.797. The van der Waals surface area contributed by atoms with Crippen LogP contribution in [0.25, 0.3) is 0 Å². The highest BCUT2D eigenvalue weighted by molar-refractivity contribution is 7.94. The average Bonchev–Trinajstić information content (AvgIpc) is 2.73. The summed E-state index contributed by atoms with van der Waals surface area (Å²) in [5.41, 5.74) is 0. The molecule has 0 radical (unpaired) electrons. The molecule has 3 atom stereocenters. The molecular weight excluding hydrogens is 210 g/mol. The molecule has 2 rings (SSSR count). The molecule has 0 aromatic rings. The Kier molecular flexibility index (Phi) is 3.16. The molecule has 0 amide bonds. The molecule has 4 heteroatoms. The molecule has 3 unspecified atom stereocenters. The molecule has 2 aliphatic rings. The van der Waals surface area contributed by atoms with E-state index in [1.807, 2.05) is 0 Å². The fraction of sp³-hybridized carbons (Fsp3) is 0.818. The second-order valence-electron chi connectivity index (χ2n) is 4.72. The third-order valence-electron chi connectivity index (χ3n) is 3.50. The van der Waals surface area contributed by atoms with E-state index in [1.54, 1.807) is 6.08 Å². The fourth-order valence-corrected chi connectivity index (χ4v) is 3.83. The van der Waals surface area contributed by atoms with Crippen molar-refractivity contribution in [3.05, 3.63) is 11.5 Å². The molecule has 1 aliphatic carbocycles. The van der Waals surface area contributed by atoms with E-state index in [9.17, 15) is 8.42 Å². The lowest BCUT2D eigenvalue weighted by atomic mass is 10.1. The van der Waals surface area contributed by atoms with Gasteiger partial charge in [-0.3, -0.25) is 0 Å². The highest BCUT2D eigenvalue weighted by Gasteiger charge is 2.28. The summed E-state index contributed by atoms with van der Waals surface area (Å²) in [6.45, 7) is 2.23. The van der Waals surface area contributed by atoms with Gasteiger partial charge in [-0.05, 0) is 25.2 Å². The largest absolute Gasteiger partial charge is 0.307 e. The Morgan fingerprint density at radius 2 is 2.20 bits per heavy atom. The van der Waals surface area contributed by atoms with Gasteiger partial charge in [0.25, 0.3) is 0 Å². The smallest absolute Gasteiger partial charge is 0.173 e. The van der Waals surface area contributed by atoms with E-state index in [0.717, 1.165) is 5.92 Å². The number of nitrogens with one attached hydrogen (secondary N) is 1. The topological polar surface area (TPSA) is 46.2 Å². The van der Waals surface area contributed by atoms with Crippen LogP contribution in [-0.2, 0) is 9.84 Å². The highest BCUT2D eigenvalue weighted by atomic mass is 32.2. The second-order valence-corrected chi connectivity index (χ2v) is 6.65. The predicted molar refractivity (Wildman–Crippen MR) is 61.3 cm³/mol. The summed E-state index contributed by atoms with van der Waals surface area (Å²) in [7, 11) is -2.90. The van der Waals surface area contributed by atoms with Crippen molar-refractivity contribution in [2.75, 3.05) is 5.75 Å². The van der Waals surface area contributed by atoms with Crippen LogP contribution >= 0.6 is 0 Å². The first-order valence-corrected chi connectivity index (χ1v) is 7.47. The lowest BCUT2D eigenvalue weighted by Gasteiger charge is -2.16. The Hall–Kier alpha value is -0.350. The summed E-state index contributed by atoms with van der Waals surface area (Å²) in [5.74, 6) is 1.09. The van der Waals surface area contributed by atoms with Crippen molar-refractivity contribution in [1.82, 2.24) is 5.32 Å². The van der Waals surface area contributed by atoms with Crippen LogP contribution in [0.15, 0.2) is 11.5 Å². The zero-order valence-electron chi connectivity index (χ0n) is 9.15. The van der Waals surface area contributed by atoms with Crippen LogP contribution in [0.2, 0.25) is 0 Å². The van der Waals surface area contributed by atoms with E-state index < -0.39 is 9.84 Å². The normalized spacial score (nSPS) is 38.6. The van der Waals surface area contributed by atoms with E-state index in [1.165, 1.54) is 31.1 Å². The van der Waals surface area contributed by atoms with Crippen LogP contribution in [0.1, 0.15) is 32.6 Å². The molecule has 0 saturated heterocycles. The number of hydrogen-bond acceptors (Lipinski definition) is 3. The van der Waals surface area contributed by atoms with Crippen molar-refractivity contribution >= 4 is 9.84 Å². The maximum Gasteiger partial charge on any atom is 0.173 e. The molecular formula is C11H19NO2S. The Morgan fingerprint density at radius 1 is 1.40 bits per heavy atom. The minimum atomic E-state index is -2.90. The van der Waals surface area contributed by atoms with Gasteiger partial charge in [-0.2, -0.15) is 0 Å². The maximum atomic E-state index is 11.2. The van der Waals surface area contributed by atoms with Gasteiger partial charge in [0.1, 0.15) is 0 Å². The predicted octanol–water partition coefficient (Wildman–Crippen LogP) is 1.47. The summed E-state index contributed by atoms with van der Waals surface area (Å²) in [6, 6.07) is 0.577. The van der Waals surface area contributed by atoms with E-state index in [4.69, 9.17) is 0 Å². The van der Waals surface area contributed by atoms with Crippen molar-refractivity contribution in [3.8, 4) is 0 Å². The Morgan fingerprint density at radius 3 is 2.73 bits per heavy atom. The molecule has 0 aromatic heterocycles. The highest BCUT2D eigenvalue weighted by Crippen LogP contribution is 2.28.